The Morgan fingerprint density at radius 2 is 2.18 bits per heavy atom. The molecular weight excluding hydrogens is 363 g/mol. The second-order valence-corrected chi connectivity index (χ2v) is 7.07. The first-order valence-corrected chi connectivity index (χ1v) is 9.34. The van der Waals surface area contributed by atoms with E-state index in [0.29, 0.717) is 36.8 Å². The van der Waals surface area contributed by atoms with Crippen LogP contribution in [0.15, 0.2) is 36.7 Å². The molecule has 1 N–H and O–H groups in total. The average Bonchev–Trinajstić information content (AvgIpc) is 3.17. The highest BCUT2D eigenvalue weighted by Gasteiger charge is 2.30. The lowest BCUT2D eigenvalue weighted by Crippen LogP contribution is -2.57. The molecule has 7 nitrogen and oxygen atoms in total. The van der Waals surface area contributed by atoms with E-state index in [-0.39, 0.29) is 30.7 Å². The molecule has 1 fully saturated rings. The zero-order valence-electron chi connectivity index (χ0n) is 15.9. The molecule has 2 atom stereocenters. The lowest BCUT2D eigenvalue weighted by molar-refractivity contribution is 0.167. The molecule has 1 aromatic heterocycles. The average molecular weight is 386 g/mol. The van der Waals surface area contributed by atoms with E-state index < -0.39 is 0 Å². The minimum absolute atomic E-state index is 0.0606. The van der Waals surface area contributed by atoms with Gasteiger partial charge in [0.2, 0.25) is 6.79 Å². The maximum absolute atomic E-state index is 14.0. The maximum Gasteiger partial charge on any atom is 0.318 e. The van der Waals surface area contributed by atoms with Crippen molar-refractivity contribution < 1.29 is 18.7 Å². The van der Waals surface area contributed by atoms with Gasteiger partial charge in [0.25, 0.3) is 0 Å². The number of pyridine rings is 1. The SMILES string of the molecule is CC1CN(c2ccncc2F)CCN1C(=O)N[C@H](C)c1cccc2c1OCO2. The van der Waals surface area contributed by atoms with E-state index in [9.17, 15) is 9.18 Å². The summed E-state index contributed by atoms with van der Waals surface area (Å²) in [7, 11) is 0. The van der Waals surface area contributed by atoms with Crippen molar-refractivity contribution >= 4 is 11.7 Å². The molecule has 0 spiro atoms. The van der Waals surface area contributed by atoms with Crippen LogP contribution in [0, 0.1) is 5.82 Å². The molecule has 3 heterocycles. The summed E-state index contributed by atoms with van der Waals surface area (Å²) in [6.45, 7) is 5.70. The molecule has 1 unspecified atom stereocenters. The van der Waals surface area contributed by atoms with Gasteiger partial charge in [-0.05, 0) is 26.0 Å². The summed E-state index contributed by atoms with van der Waals surface area (Å²) in [5.74, 6) is 1.03. The predicted molar refractivity (Wildman–Crippen MR) is 102 cm³/mol. The number of hydrogen-bond donors (Lipinski definition) is 1. The molecule has 0 radical (unpaired) electrons. The fraction of sp³-hybridized carbons (Fsp3) is 0.400. The third kappa shape index (κ3) is 3.42. The normalized spacial score (nSPS) is 19.5. The summed E-state index contributed by atoms with van der Waals surface area (Å²) in [5, 5.41) is 3.04. The Bertz CT molecular complexity index is 878. The van der Waals surface area contributed by atoms with Crippen LogP contribution < -0.4 is 19.7 Å². The summed E-state index contributed by atoms with van der Waals surface area (Å²) >= 11 is 0. The number of amides is 2. The predicted octanol–water partition coefficient (Wildman–Crippen LogP) is 2.93. The topological polar surface area (TPSA) is 66.9 Å². The fourth-order valence-electron chi connectivity index (χ4n) is 3.74. The van der Waals surface area contributed by atoms with Gasteiger partial charge in [-0.15, -0.1) is 0 Å². The Hall–Kier alpha value is -3.03. The first-order valence-electron chi connectivity index (χ1n) is 9.34. The number of hydrogen-bond acceptors (Lipinski definition) is 5. The number of halogens is 1. The number of piperazine rings is 1. The number of nitrogens with zero attached hydrogens (tertiary/aromatic N) is 3. The van der Waals surface area contributed by atoms with E-state index in [2.05, 4.69) is 10.3 Å². The van der Waals surface area contributed by atoms with Gasteiger partial charge in [0.1, 0.15) is 0 Å². The van der Waals surface area contributed by atoms with Gasteiger partial charge in [-0.3, -0.25) is 4.98 Å². The van der Waals surface area contributed by atoms with Gasteiger partial charge in [-0.2, -0.15) is 0 Å². The number of aromatic nitrogens is 1. The lowest BCUT2D eigenvalue weighted by atomic mass is 10.1. The minimum Gasteiger partial charge on any atom is -0.454 e. The van der Waals surface area contributed by atoms with Crippen LogP contribution in [0.2, 0.25) is 0 Å². The Balaban J connectivity index is 1.41. The van der Waals surface area contributed by atoms with Gasteiger partial charge in [-0.1, -0.05) is 12.1 Å². The molecule has 2 aromatic rings. The molecule has 4 rings (SSSR count). The van der Waals surface area contributed by atoms with Crippen molar-refractivity contribution in [3.63, 3.8) is 0 Å². The van der Waals surface area contributed by atoms with Crippen molar-refractivity contribution in [3.8, 4) is 11.5 Å². The molecule has 0 bridgehead atoms. The molecule has 2 aliphatic heterocycles. The summed E-state index contributed by atoms with van der Waals surface area (Å²) in [6.07, 6.45) is 2.79. The molecule has 0 saturated carbocycles. The van der Waals surface area contributed by atoms with E-state index in [4.69, 9.17) is 9.47 Å². The van der Waals surface area contributed by atoms with Crippen molar-refractivity contribution in [2.45, 2.75) is 25.9 Å². The molecular formula is C20H23FN4O3. The van der Waals surface area contributed by atoms with E-state index in [1.807, 2.05) is 36.9 Å². The first-order chi connectivity index (χ1) is 13.5. The highest BCUT2D eigenvalue weighted by molar-refractivity contribution is 5.76. The van der Waals surface area contributed by atoms with Crippen molar-refractivity contribution in [1.29, 1.82) is 0 Å². The molecule has 1 saturated heterocycles. The number of benzene rings is 1. The Morgan fingerprint density at radius 1 is 1.32 bits per heavy atom. The minimum atomic E-state index is -0.346. The smallest absolute Gasteiger partial charge is 0.318 e. The second-order valence-electron chi connectivity index (χ2n) is 7.07. The summed E-state index contributed by atoms with van der Waals surface area (Å²) in [4.78, 5) is 20.4. The molecule has 8 heteroatoms. The molecule has 2 aliphatic rings. The third-order valence-electron chi connectivity index (χ3n) is 5.21. The molecule has 1 aromatic carbocycles. The summed E-state index contributed by atoms with van der Waals surface area (Å²) in [6, 6.07) is 6.88. The Kier molecular flexibility index (Phi) is 4.93. The van der Waals surface area contributed by atoms with Gasteiger partial charge < -0.3 is 24.6 Å². The number of urea groups is 1. The Morgan fingerprint density at radius 3 is 2.96 bits per heavy atom. The van der Waals surface area contributed by atoms with Crippen LogP contribution in [0.25, 0.3) is 0 Å². The van der Waals surface area contributed by atoms with Crippen LogP contribution in [0.1, 0.15) is 25.5 Å². The number of ether oxygens (including phenoxy) is 2. The van der Waals surface area contributed by atoms with Gasteiger partial charge in [-0.25, -0.2) is 9.18 Å². The third-order valence-corrected chi connectivity index (χ3v) is 5.21. The van der Waals surface area contributed by atoms with Gasteiger partial charge in [0, 0.05) is 37.4 Å². The molecule has 28 heavy (non-hydrogen) atoms. The molecule has 0 aliphatic carbocycles. The van der Waals surface area contributed by atoms with Crippen molar-refractivity contribution in [2.24, 2.45) is 0 Å². The van der Waals surface area contributed by atoms with Crippen molar-refractivity contribution in [1.82, 2.24) is 15.2 Å². The van der Waals surface area contributed by atoms with Gasteiger partial charge in [0.05, 0.1) is 17.9 Å². The molecule has 148 valence electrons. The van der Waals surface area contributed by atoms with Crippen LogP contribution in [0.4, 0.5) is 14.9 Å². The number of carbonyl (C=O) groups excluding carboxylic acids is 1. The highest BCUT2D eigenvalue weighted by Crippen LogP contribution is 2.38. The van der Waals surface area contributed by atoms with Crippen LogP contribution in [0.3, 0.4) is 0 Å². The van der Waals surface area contributed by atoms with Crippen LogP contribution in [-0.4, -0.2) is 48.4 Å². The lowest BCUT2D eigenvalue weighted by Gasteiger charge is -2.41. The number of rotatable bonds is 3. The van der Waals surface area contributed by atoms with Crippen molar-refractivity contribution in [2.75, 3.05) is 31.3 Å². The largest absolute Gasteiger partial charge is 0.454 e. The number of nitrogens with one attached hydrogen (secondary N) is 1. The van der Waals surface area contributed by atoms with Gasteiger partial charge in [0.15, 0.2) is 17.3 Å². The quantitative estimate of drug-likeness (QED) is 0.879. The highest BCUT2D eigenvalue weighted by atomic mass is 19.1. The second kappa shape index (κ2) is 7.53. The Labute approximate surface area is 163 Å². The molecule has 2 amide bonds. The van der Waals surface area contributed by atoms with Crippen molar-refractivity contribution in [3.05, 3.63) is 48.0 Å². The van der Waals surface area contributed by atoms with E-state index >= 15 is 0 Å². The first kappa shape index (κ1) is 18.3. The van der Waals surface area contributed by atoms with Crippen LogP contribution >= 0.6 is 0 Å². The number of carbonyl (C=O) groups is 1. The number of anilines is 1. The summed E-state index contributed by atoms with van der Waals surface area (Å²) < 4.78 is 25.0. The van der Waals surface area contributed by atoms with Gasteiger partial charge >= 0.3 is 6.03 Å². The monoisotopic (exact) mass is 386 g/mol. The number of fused-ring (bicyclic) bond motifs is 1. The summed E-state index contributed by atoms with van der Waals surface area (Å²) in [5.41, 5.74) is 1.40. The van der Waals surface area contributed by atoms with Crippen LogP contribution in [0.5, 0.6) is 11.5 Å². The number of para-hydroxylation sites is 1. The maximum atomic E-state index is 14.0. The van der Waals surface area contributed by atoms with E-state index in [0.717, 1.165) is 5.56 Å². The van der Waals surface area contributed by atoms with Crippen LogP contribution in [-0.2, 0) is 0 Å². The fourth-order valence-corrected chi connectivity index (χ4v) is 3.74. The zero-order chi connectivity index (χ0) is 19.7. The van der Waals surface area contributed by atoms with E-state index in [1.54, 1.807) is 17.2 Å². The van der Waals surface area contributed by atoms with E-state index in [1.165, 1.54) is 6.20 Å². The standard InChI is InChI=1S/C20H23FN4O3/c1-13-11-24(17-6-7-22-10-16(17)21)8-9-25(13)20(26)23-14(2)15-4-3-5-18-19(15)28-12-27-18/h3-7,10,13-14H,8-9,11-12H2,1-2H3,(H,23,26)/t13?,14-/m1/s1. The zero-order valence-corrected chi connectivity index (χ0v) is 15.9.